The SMILES string of the molecule is Cc1c(C(=O)N(CC2CCCN2)C2CC2)cnn1C. The van der Waals surface area contributed by atoms with E-state index in [1.54, 1.807) is 10.9 Å². The Bertz CT molecular complexity index is 472. The summed E-state index contributed by atoms with van der Waals surface area (Å²) in [5, 5.41) is 7.67. The molecule has 5 heteroatoms. The Morgan fingerprint density at radius 3 is 2.84 bits per heavy atom. The molecule has 1 aliphatic carbocycles. The van der Waals surface area contributed by atoms with E-state index in [9.17, 15) is 4.79 Å². The summed E-state index contributed by atoms with van der Waals surface area (Å²) in [6, 6.07) is 0.927. The van der Waals surface area contributed by atoms with Gasteiger partial charge in [-0.25, -0.2) is 0 Å². The van der Waals surface area contributed by atoms with Crippen LogP contribution in [0.25, 0.3) is 0 Å². The zero-order chi connectivity index (χ0) is 13.4. The van der Waals surface area contributed by atoms with Gasteiger partial charge in [0.05, 0.1) is 11.8 Å². The lowest BCUT2D eigenvalue weighted by atomic mass is 10.1. The fourth-order valence-corrected chi connectivity index (χ4v) is 2.80. The maximum atomic E-state index is 12.7. The highest BCUT2D eigenvalue weighted by molar-refractivity contribution is 5.95. The van der Waals surface area contributed by atoms with Crippen LogP contribution >= 0.6 is 0 Å². The number of hydrogen-bond donors (Lipinski definition) is 1. The average Bonchev–Trinajstić information content (AvgIpc) is 3.01. The monoisotopic (exact) mass is 262 g/mol. The topological polar surface area (TPSA) is 50.2 Å². The molecule has 1 saturated heterocycles. The minimum atomic E-state index is 0.154. The first-order valence-corrected chi connectivity index (χ1v) is 7.20. The number of aryl methyl sites for hydroxylation is 1. The molecular formula is C14H22N4O. The molecule has 0 radical (unpaired) electrons. The largest absolute Gasteiger partial charge is 0.334 e. The molecule has 2 heterocycles. The molecule has 1 aromatic heterocycles. The molecule has 1 saturated carbocycles. The highest BCUT2D eigenvalue weighted by Crippen LogP contribution is 2.29. The number of amides is 1. The van der Waals surface area contributed by atoms with Crippen LogP contribution in [0, 0.1) is 6.92 Å². The predicted molar refractivity (Wildman–Crippen MR) is 73.0 cm³/mol. The van der Waals surface area contributed by atoms with Crippen LogP contribution < -0.4 is 5.32 Å². The van der Waals surface area contributed by atoms with Crippen molar-refractivity contribution in [2.75, 3.05) is 13.1 Å². The molecule has 1 aliphatic heterocycles. The van der Waals surface area contributed by atoms with Gasteiger partial charge in [-0.1, -0.05) is 0 Å². The fraction of sp³-hybridized carbons (Fsp3) is 0.714. The minimum absolute atomic E-state index is 0.154. The van der Waals surface area contributed by atoms with Gasteiger partial charge in [-0.3, -0.25) is 9.48 Å². The van der Waals surface area contributed by atoms with Crippen LogP contribution in [0.5, 0.6) is 0 Å². The Kier molecular flexibility index (Phi) is 3.31. The first-order chi connectivity index (χ1) is 9.16. The van der Waals surface area contributed by atoms with Crippen molar-refractivity contribution in [3.8, 4) is 0 Å². The second-order valence-electron chi connectivity index (χ2n) is 5.75. The molecule has 104 valence electrons. The van der Waals surface area contributed by atoms with Gasteiger partial charge in [0, 0.05) is 31.4 Å². The van der Waals surface area contributed by atoms with Crippen molar-refractivity contribution in [2.45, 2.75) is 44.7 Å². The maximum absolute atomic E-state index is 12.7. The molecule has 1 aromatic rings. The van der Waals surface area contributed by atoms with Crippen molar-refractivity contribution in [2.24, 2.45) is 7.05 Å². The molecule has 1 amide bonds. The van der Waals surface area contributed by atoms with Gasteiger partial charge in [0.2, 0.25) is 0 Å². The van der Waals surface area contributed by atoms with Gasteiger partial charge in [-0.05, 0) is 39.2 Å². The molecule has 3 rings (SSSR count). The van der Waals surface area contributed by atoms with Crippen molar-refractivity contribution < 1.29 is 4.79 Å². The Morgan fingerprint density at radius 2 is 2.32 bits per heavy atom. The number of rotatable bonds is 4. The van der Waals surface area contributed by atoms with E-state index in [0.29, 0.717) is 12.1 Å². The normalized spacial score (nSPS) is 22.7. The third kappa shape index (κ3) is 2.52. The van der Waals surface area contributed by atoms with E-state index in [4.69, 9.17) is 0 Å². The number of carbonyl (C=O) groups excluding carboxylic acids is 1. The van der Waals surface area contributed by atoms with Gasteiger partial charge in [0.1, 0.15) is 0 Å². The van der Waals surface area contributed by atoms with Gasteiger partial charge in [-0.15, -0.1) is 0 Å². The predicted octanol–water partition coefficient (Wildman–Crippen LogP) is 1.09. The molecule has 19 heavy (non-hydrogen) atoms. The van der Waals surface area contributed by atoms with Crippen LogP contribution in [0.2, 0.25) is 0 Å². The zero-order valence-electron chi connectivity index (χ0n) is 11.7. The van der Waals surface area contributed by atoms with Crippen molar-refractivity contribution >= 4 is 5.91 Å². The van der Waals surface area contributed by atoms with Crippen LogP contribution in [0.4, 0.5) is 0 Å². The van der Waals surface area contributed by atoms with E-state index < -0.39 is 0 Å². The van der Waals surface area contributed by atoms with Gasteiger partial charge in [0.15, 0.2) is 0 Å². The summed E-state index contributed by atoms with van der Waals surface area (Å²) in [5.74, 6) is 0.154. The Balaban J connectivity index is 1.75. The van der Waals surface area contributed by atoms with Crippen molar-refractivity contribution in [1.29, 1.82) is 0 Å². The number of carbonyl (C=O) groups is 1. The smallest absolute Gasteiger partial charge is 0.257 e. The van der Waals surface area contributed by atoms with Crippen LogP contribution in [0.3, 0.4) is 0 Å². The third-order valence-corrected chi connectivity index (χ3v) is 4.29. The summed E-state index contributed by atoms with van der Waals surface area (Å²) in [4.78, 5) is 14.8. The zero-order valence-corrected chi connectivity index (χ0v) is 11.7. The lowest BCUT2D eigenvalue weighted by Crippen LogP contribution is -2.42. The Labute approximate surface area is 114 Å². The first kappa shape index (κ1) is 12.7. The van der Waals surface area contributed by atoms with E-state index in [1.165, 1.54) is 12.8 Å². The minimum Gasteiger partial charge on any atom is -0.334 e. The molecule has 0 aromatic carbocycles. The number of nitrogens with zero attached hydrogens (tertiary/aromatic N) is 3. The van der Waals surface area contributed by atoms with Gasteiger partial charge >= 0.3 is 0 Å². The summed E-state index contributed by atoms with van der Waals surface area (Å²) in [5.41, 5.74) is 1.71. The quantitative estimate of drug-likeness (QED) is 0.883. The van der Waals surface area contributed by atoms with Crippen molar-refractivity contribution in [3.05, 3.63) is 17.5 Å². The highest BCUT2D eigenvalue weighted by atomic mass is 16.2. The van der Waals surface area contributed by atoms with E-state index in [-0.39, 0.29) is 5.91 Å². The number of nitrogens with one attached hydrogen (secondary N) is 1. The molecule has 0 bridgehead atoms. The first-order valence-electron chi connectivity index (χ1n) is 7.20. The second-order valence-corrected chi connectivity index (χ2v) is 5.75. The Hall–Kier alpha value is -1.36. The molecule has 2 aliphatic rings. The van der Waals surface area contributed by atoms with E-state index in [1.807, 2.05) is 14.0 Å². The second kappa shape index (κ2) is 4.96. The summed E-state index contributed by atoms with van der Waals surface area (Å²) in [7, 11) is 1.88. The number of hydrogen-bond acceptors (Lipinski definition) is 3. The lowest BCUT2D eigenvalue weighted by Gasteiger charge is -2.25. The molecule has 1 unspecified atom stereocenters. The van der Waals surface area contributed by atoms with Gasteiger partial charge < -0.3 is 10.2 Å². The van der Waals surface area contributed by atoms with Gasteiger partial charge in [-0.2, -0.15) is 5.10 Å². The summed E-state index contributed by atoms with van der Waals surface area (Å²) < 4.78 is 1.77. The summed E-state index contributed by atoms with van der Waals surface area (Å²) >= 11 is 0. The molecule has 1 N–H and O–H groups in total. The summed E-state index contributed by atoms with van der Waals surface area (Å²) in [6.07, 6.45) is 6.41. The maximum Gasteiger partial charge on any atom is 0.257 e. The third-order valence-electron chi connectivity index (χ3n) is 4.29. The fourth-order valence-electron chi connectivity index (χ4n) is 2.80. The van der Waals surface area contributed by atoms with Crippen LogP contribution in [-0.2, 0) is 7.05 Å². The average molecular weight is 262 g/mol. The standard InChI is InChI=1S/C14H22N4O/c1-10-13(8-16-17(10)2)14(19)18(12-5-6-12)9-11-4-3-7-15-11/h8,11-12,15H,3-7,9H2,1-2H3. The van der Waals surface area contributed by atoms with E-state index >= 15 is 0 Å². The molecular weight excluding hydrogens is 240 g/mol. The molecule has 0 spiro atoms. The van der Waals surface area contributed by atoms with Crippen LogP contribution in [-0.4, -0.2) is 45.8 Å². The molecule has 5 nitrogen and oxygen atoms in total. The van der Waals surface area contributed by atoms with Crippen LogP contribution in [0.15, 0.2) is 6.20 Å². The number of aromatic nitrogens is 2. The lowest BCUT2D eigenvalue weighted by molar-refractivity contribution is 0.0727. The van der Waals surface area contributed by atoms with Crippen LogP contribution in [0.1, 0.15) is 41.7 Å². The van der Waals surface area contributed by atoms with E-state index in [0.717, 1.165) is 37.2 Å². The highest BCUT2D eigenvalue weighted by Gasteiger charge is 2.35. The van der Waals surface area contributed by atoms with E-state index in [2.05, 4.69) is 15.3 Å². The molecule has 2 fully saturated rings. The molecule has 1 atom stereocenters. The van der Waals surface area contributed by atoms with Gasteiger partial charge in [0.25, 0.3) is 5.91 Å². The van der Waals surface area contributed by atoms with Crippen molar-refractivity contribution in [1.82, 2.24) is 20.0 Å². The summed E-state index contributed by atoms with van der Waals surface area (Å²) in [6.45, 7) is 3.89. The Morgan fingerprint density at radius 1 is 1.53 bits per heavy atom. The van der Waals surface area contributed by atoms with Crippen molar-refractivity contribution in [3.63, 3.8) is 0 Å².